The van der Waals surface area contributed by atoms with Crippen LogP contribution in [0.5, 0.6) is 0 Å². The van der Waals surface area contributed by atoms with Crippen LogP contribution in [-0.4, -0.2) is 25.7 Å². The topological polar surface area (TPSA) is 75.9 Å². The fourth-order valence-electron chi connectivity index (χ4n) is 2.23. The summed E-state index contributed by atoms with van der Waals surface area (Å²) in [5, 5.41) is -0.233. The average molecular weight is 498 g/mol. The summed E-state index contributed by atoms with van der Waals surface area (Å²) in [4.78, 5) is 16.0. The Kier molecular flexibility index (Phi) is 6.30. The Balaban J connectivity index is 2.14. The van der Waals surface area contributed by atoms with Crippen molar-refractivity contribution in [2.75, 3.05) is 0 Å². The van der Waals surface area contributed by atoms with Crippen LogP contribution < -0.4 is 0 Å². The lowest BCUT2D eigenvalue weighted by Gasteiger charge is -2.08. The Labute approximate surface area is 180 Å². The predicted molar refractivity (Wildman–Crippen MR) is 115 cm³/mol. The van der Waals surface area contributed by atoms with E-state index in [4.69, 9.17) is 23.2 Å². The fraction of sp³-hybridized carbons (Fsp3) is 0. The molecule has 2 aromatic rings. The van der Waals surface area contributed by atoms with Gasteiger partial charge in [0.1, 0.15) is 0 Å². The molecule has 0 N–H and O–H groups in total. The largest absolute Gasteiger partial charge is 0.287 e. The number of sulfonamides is 1. The second kappa shape index (κ2) is 8.53. The lowest BCUT2D eigenvalue weighted by molar-refractivity contribution is -0.111. The first-order chi connectivity index (χ1) is 13.3. The highest BCUT2D eigenvalue weighted by Crippen LogP contribution is 2.21. The van der Waals surface area contributed by atoms with Gasteiger partial charge in [-0.3, -0.25) is 4.79 Å². The number of nitrogens with zero attached hydrogens (tertiary/aromatic N) is 2. The van der Waals surface area contributed by atoms with Gasteiger partial charge in [0.05, 0.1) is 20.7 Å². The molecule has 0 spiro atoms. The van der Waals surface area contributed by atoms with Gasteiger partial charge in [0, 0.05) is 10.0 Å². The minimum absolute atomic E-state index is 0.0188. The van der Waals surface area contributed by atoms with E-state index >= 15 is 0 Å². The fourth-order valence-corrected chi connectivity index (χ4v) is 3.93. The standard InChI is InChI=1S/C19H11BrCl2N2O3S/c20-13-6-8-15(9-7-13)28(26,27)24-19(12-4-2-1-3-5-12)23-14-10-16(21)18(25)17(22)11-14/h1-11H/b24-19+. The predicted octanol–water partition coefficient (Wildman–Crippen LogP) is 4.85. The van der Waals surface area contributed by atoms with Crippen LogP contribution in [0.3, 0.4) is 0 Å². The third-order valence-corrected chi connectivity index (χ3v) is 5.94. The number of Topliss-reactive ketones (excluding diaryl/α,β-unsaturated/α-hetero) is 1. The molecule has 142 valence electrons. The molecule has 0 bridgehead atoms. The number of benzene rings is 2. The molecule has 0 radical (unpaired) electrons. The Morgan fingerprint density at radius 2 is 1.46 bits per heavy atom. The van der Waals surface area contributed by atoms with Crippen LogP contribution in [-0.2, 0) is 14.8 Å². The van der Waals surface area contributed by atoms with Gasteiger partial charge < -0.3 is 0 Å². The number of ketones is 1. The van der Waals surface area contributed by atoms with Crippen LogP contribution in [0.1, 0.15) is 5.56 Å². The molecular formula is C19H11BrCl2N2O3S. The van der Waals surface area contributed by atoms with E-state index in [2.05, 4.69) is 25.3 Å². The van der Waals surface area contributed by atoms with Crippen molar-refractivity contribution in [2.24, 2.45) is 9.39 Å². The molecule has 9 heteroatoms. The average Bonchev–Trinajstić information content (AvgIpc) is 2.66. The molecule has 0 atom stereocenters. The lowest BCUT2D eigenvalue weighted by atomic mass is 10.1. The van der Waals surface area contributed by atoms with Crippen molar-refractivity contribution in [1.29, 1.82) is 0 Å². The number of hydrogen-bond acceptors (Lipinski definition) is 3. The maximum absolute atomic E-state index is 12.7. The first kappa shape index (κ1) is 20.7. The summed E-state index contributed by atoms with van der Waals surface area (Å²) in [5.74, 6) is -0.586. The van der Waals surface area contributed by atoms with E-state index in [1.807, 2.05) is 0 Å². The molecule has 0 heterocycles. The van der Waals surface area contributed by atoms with Gasteiger partial charge in [-0.25, -0.2) is 4.99 Å². The van der Waals surface area contributed by atoms with Gasteiger partial charge in [-0.1, -0.05) is 69.5 Å². The van der Waals surface area contributed by atoms with E-state index in [9.17, 15) is 13.2 Å². The summed E-state index contributed by atoms with van der Waals surface area (Å²) in [6.07, 6.45) is 2.61. The highest BCUT2D eigenvalue weighted by atomic mass is 79.9. The molecule has 0 fully saturated rings. The lowest BCUT2D eigenvalue weighted by Crippen LogP contribution is -2.11. The zero-order chi connectivity index (χ0) is 20.3. The van der Waals surface area contributed by atoms with Gasteiger partial charge in [0.2, 0.25) is 5.78 Å². The third-order valence-electron chi connectivity index (χ3n) is 3.57. The van der Waals surface area contributed by atoms with E-state index in [-0.39, 0.29) is 26.5 Å². The summed E-state index contributed by atoms with van der Waals surface area (Å²) in [5.41, 5.74) is 0.685. The van der Waals surface area contributed by atoms with Crippen LogP contribution in [0.25, 0.3) is 0 Å². The number of allylic oxidation sites excluding steroid dienone is 4. The Morgan fingerprint density at radius 3 is 2.04 bits per heavy atom. The number of rotatable bonds is 3. The molecule has 0 aromatic heterocycles. The van der Waals surface area contributed by atoms with Crippen LogP contribution in [0, 0.1) is 0 Å². The van der Waals surface area contributed by atoms with Crippen molar-refractivity contribution < 1.29 is 13.2 Å². The molecule has 0 saturated heterocycles. The number of hydrogen-bond donors (Lipinski definition) is 0. The first-order valence-corrected chi connectivity index (χ1v) is 10.8. The van der Waals surface area contributed by atoms with Crippen LogP contribution in [0.2, 0.25) is 0 Å². The minimum Gasteiger partial charge on any atom is -0.287 e. The molecule has 28 heavy (non-hydrogen) atoms. The normalized spacial score (nSPS) is 15.2. The molecule has 3 rings (SSSR count). The van der Waals surface area contributed by atoms with E-state index in [1.54, 1.807) is 42.5 Å². The Bertz CT molecular complexity index is 1130. The minimum atomic E-state index is -4.03. The molecule has 1 aliphatic rings. The van der Waals surface area contributed by atoms with E-state index in [1.165, 1.54) is 24.3 Å². The van der Waals surface area contributed by atoms with Crippen LogP contribution in [0.15, 0.2) is 95.6 Å². The summed E-state index contributed by atoms with van der Waals surface area (Å²) in [6, 6.07) is 14.7. The van der Waals surface area contributed by atoms with Crippen molar-refractivity contribution in [2.45, 2.75) is 4.90 Å². The van der Waals surface area contributed by atoms with Gasteiger partial charge in [-0.2, -0.15) is 8.42 Å². The van der Waals surface area contributed by atoms with Gasteiger partial charge >= 0.3 is 0 Å². The van der Waals surface area contributed by atoms with Crippen LogP contribution in [0.4, 0.5) is 0 Å². The Hall–Kier alpha value is -2.06. The van der Waals surface area contributed by atoms with Gasteiger partial charge in [0.25, 0.3) is 10.0 Å². The zero-order valence-electron chi connectivity index (χ0n) is 14.0. The molecule has 0 saturated carbocycles. The maximum Gasteiger partial charge on any atom is 0.284 e. The number of amidine groups is 1. The summed E-state index contributed by atoms with van der Waals surface area (Å²) < 4.78 is 30.1. The quantitative estimate of drug-likeness (QED) is 0.345. The number of aliphatic imine (C=N–C) groups is 1. The van der Waals surface area contributed by atoms with Gasteiger partial charge in [-0.05, 0) is 36.4 Å². The van der Waals surface area contributed by atoms with Crippen molar-refractivity contribution in [3.8, 4) is 0 Å². The molecular weight excluding hydrogens is 487 g/mol. The number of halogens is 3. The van der Waals surface area contributed by atoms with Crippen molar-refractivity contribution in [3.63, 3.8) is 0 Å². The second-order valence-electron chi connectivity index (χ2n) is 5.56. The van der Waals surface area contributed by atoms with Crippen LogP contribution >= 0.6 is 39.1 Å². The third kappa shape index (κ3) is 4.86. The number of carbonyl (C=O) groups is 1. The van der Waals surface area contributed by atoms with Crippen molar-refractivity contribution in [3.05, 3.63) is 86.9 Å². The molecule has 5 nitrogen and oxygen atoms in total. The zero-order valence-corrected chi connectivity index (χ0v) is 17.9. The number of carbonyl (C=O) groups excluding carboxylic acids is 1. The summed E-state index contributed by atoms with van der Waals surface area (Å²) >= 11 is 15.0. The van der Waals surface area contributed by atoms with E-state index < -0.39 is 15.8 Å². The van der Waals surface area contributed by atoms with E-state index in [0.717, 1.165) is 4.47 Å². The monoisotopic (exact) mass is 496 g/mol. The molecule has 0 aliphatic heterocycles. The first-order valence-electron chi connectivity index (χ1n) is 7.80. The molecule has 0 amide bonds. The Morgan fingerprint density at radius 1 is 0.893 bits per heavy atom. The van der Waals surface area contributed by atoms with E-state index in [0.29, 0.717) is 5.56 Å². The van der Waals surface area contributed by atoms with Crippen molar-refractivity contribution >= 4 is 66.5 Å². The SMILES string of the molecule is O=C1C(Cl)=CC(=N/C(=N/S(=O)(=O)c2ccc(Br)cc2)c2ccccc2)C=C1Cl. The maximum atomic E-state index is 12.7. The van der Waals surface area contributed by atoms with Gasteiger partial charge in [-0.15, -0.1) is 4.40 Å². The molecule has 0 unspecified atom stereocenters. The highest BCUT2D eigenvalue weighted by molar-refractivity contribution is 9.10. The second-order valence-corrected chi connectivity index (χ2v) is 8.89. The molecule has 1 aliphatic carbocycles. The molecule has 2 aromatic carbocycles. The summed E-state index contributed by atoms with van der Waals surface area (Å²) in [7, 11) is -4.03. The van der Waals surface area contributed by atoms with Crippen molar-refractivity contribution in [1.82, 2.24) is 0 Å². The summed E-state index contributed by atoms with van der Waals surface area (Å²) in [6.45, 7) is 0. The smallest absolute Gasteiger partial charge is 0.284 e. The van der Waals surface area contributed by atoms with Gasteiger partial charge in [0.15, 0.2) is 5.84 Å². The highest BCUT2D eigenvalue weighted by Gasteiger charge is 2.19.